The highest BCUT2D eigenvalue weighted by molar-refractivity contribution is 5.90. The fourth-order valence-corrected chi connectivity index (χ4v) is 2.13. The van der Waals surface area contributed by atoms with Crippen LogP contribution >= 0.6 is 0 Å². The van der Waals surface area contributed by atoms with Crippen LogP contribution in [-0.2, 0) is 4.79 Å². The predicted molar refractivity (Wildman–Crippen MR) is 75.3 cm³/mol. The predicted octanol–water partition coefficient (Wildman–Crippen LogP) is 2.54. The molecule has 19 heavy (non-hydrogen) atoms. The number of amides is 1. The summed E-state index contributed by atoms with van der Waals surface area (Å²) in [6.07, 6.45) is 8.03. The number of ether oxygens (including phenoxy) is 1. The van der Waals surface area contributed by atoms with Crippen LogP contribution in [0.5, 0.6) is 5.75 Å². The molecule has 1 aromatic carbocycles. The van der Waals surface area contributed by atoms with Gasteiger partial charge in [0.15, 0.2) is 0 Å². The zero-order valence-electron chi connectivity index (χ0n) is 11.2. The Bertz CT molecular complexity index is 537. The first-order valence-electron chi connectivity index (χ1n) is 6.28. The SMILES string of the molecule is C#CCOc1ccc(C2=CCC(C)C(=O)N2C)cc1. The lowest BCUT2D eigenvalue weighted by molar-refractivity contribution is -0.131. The molecule has 1 atom stereocenters. The first-order valence-corrected chi connectivity index (χ1v) is 6.28. The van der Waals surface area contributed by atoms with Crippen molar-refractivity contribution in [1.29, 1.82) is 0 Å². The number of benzene rings is 1. The number of nitrogens with zero attached hydrogens (tertiary/aromatic N) is 1. The Hall–Kier alpha value is -2.21. The maximum Gasteiger partial charge on any atom is 0.229 e. The van der Waals surface area contributed by atoms with Gasteiger partial charge in [-0.05, 0) is 36.2 Å². The summed E-state index contributed by atoms with van der Waals surface area (Å²) in [6, 6.07) is 7.61. The molecule has 0 bridgehead atoms. The van der Waals surface area contributed by atoms with Crippen molar-refractivity contribution < 1.29 is 9.53 Å². The summed E-state index contributed by atoms with van der Waals surface area (Å²) >= 11 is 0. The highest BCUT2D eigenvalue weighted by Crippen LogP contribution is 2.28. The smallest absolute Gasteiger partial charge is 0.229 e. The van der Waals surface area contributed by atoms with E-state index in [1.807, 2.05) is 38.2 Å². The molecule has 0 fully saturated rings. The van der Waals surface area contributed by atoms with E-state index in [0.717, 1.165) is 23.4 Å². The molecule has 3 heteroatoms. The van der Waals surface area contributed by atoms with E-state index < -0.39 is 0 Å². The summed E-state index contributed by atoms with van der Waals surface area (Å²) in [5.41, 5.74) is 1.96. The number of rotatable bonds is 3. The summed E-state index contributed by atoms with van der Waals surface area (Å²) < 4.78 is 5.33. The van der Waals surface area contributed by atoms with Gasteiger partial charge >= 0.3 is 0 Å². The molecule has 98 valence electrons. The molecule has 1 amide bonds. The van der Waals surface area contributed by atoms with Gasteiger partial charge in [-0.2, -0.15) is 0 Å². The van der Waals surface area contributed by atoms with E-state index in [0.29, 0.717) is 0 Å². The number of carbonyl (C=O) groups is 1. The van der Waals surface area contributed by atoms with Gasteiger partial charge in [0.2, 0.25) is 5.91 Å². The summed E-state index contributed by atoms with van der Waals surface area (Å²) in [4.78, 5) is 13.7. The zero-order chi connectivity index (χ0) is 13.8. The van der Waals surface area contributed by atoms with Crippen molar-refractivity contribution in [3.8, 4) is 18.1 Å². The molecule has 0 spiro atoms. The fraction of sp³-hybridized carbons (Fsp3) is 0.312. The first-order chi connectivity index (χ1) is 9.13. The molecule has 1 aliphatic heterocycles. The van der Waals surface area contributed by atoms with Gasteiger partial charge < -0.3 is 9.64 Å². The maximum absolute atomic E-state index is 12.0. The van der Waals surface area contributed by atoms with Crippen LogP contribution in [0, 0.1) is 18.3 Å². The van der Waals surface area contributed by atoms with Gasteiger partial charge in [-0.3, -0.25) is 4.79 Å². The van der Waals surface area contributed by atoms with Crippen LogP contribution in [0.1, 0.15) is 18.9 Å². The van der Waals surface area contributed by atoms with Crippen molar-refractivity contribution in [3.63, 3.8) is 0 Å². The average Bonchev–Trinajstić information content (AvgIpc) is 2.44. The molecule has 0 saturated carbocycles. The zero-order valence-corrected chi connectivity index (χ0v) is 11.2. The van der Waals surface area contributed by atoms with E-state index in [4.69, 9.17) is 11.2 Å². The molecule has 0 N–H and O–H groups in total. The summed E-state index contributed by atoms with van der Waals surface area (Å²) in [6.45, 7) is 2.21. The Balaban J connectivity index is 2.19. The van der Waals surface area contributed by atoms with Crippen molar-refractivity contribution in [1.82, 2.24) is 4.90 Å². The highest BCUT2D eigenvalue weighted by atomic mass is 16.5. The van der Waals surface area contributed by atoms with E-state index in [-0.39, 0.29) is 18.4 Å². The second-order valence-corrected chi connectivity index (χ2v) is 4.64. The average molecular weight is 255 g/mol. The number of terminal acetylenes is 1. The second kappa shape index (κ2) is 5.62. The molecule has 0 aliphatic carbocycles. The van der Waals surface area contributed by atoms with Crippen molar-refractivity contribution in [3.05, 3.63) is 35.9 Å². The quantitative estimate of drug-likeness (QED) is 0.777. The van der Waals surface area contributed by atoms with Gasteiger partial charge in [0.05, 0.1) is 0 Å². The van der Waals surface area contributed by atoms with Crippen LogP contribution in [0.3, 0.4) is 0 Å². The topological polar surface area (TPSA) is 29.5 Å². The van der Waals surface area contributed by atoms with Gasteiger partial charge in [-0.1, -0.05) is 18.9 Å². The minimum Gasteiger partial charge on any atom is -0.481 e. The molecule has 1 unspecified atom stereocenters. The largest absolute Gasteiger partial charge is 0.481 e. The maximum atomic E-state index is 12.0. The Morgan fingerprint density at radius 2 is 2.11 bits per heavy atom. The summed E-state index contributed by atoms with van der Waals surface area (Å²) in [5.74, 6) is 3.38. The first kappa shape index (κ1) is 13.2. The van der Waals surface area contributed by atoms with E-state index in [2.05, 4.69) is 12.0 Å². The molecule has 0 radical (unpaired) electrons. The molecule has 1 aromatic rings. The number of carbonyl (C=O) groups excluding carboxylic acids is 1. The van der Waals surface area contributed by atoms with Crippen LogP contribution in [0.4, 0.5) is 0 Å². The Morgan fingerprint density at radius 3 is 2.74 bits per heavy atom. The van der Waals surface area contributed by atoms with Crippen LogP contribution in [-0.4, -0.2) is 24.5 Å². The second-order valence-electron chi connectivity index (χ2n) is 4.64. The Labute approximate surface area is 113 Å². The van der Waals surface area contributed by atoms with E-state index in [9.17, 15) is 4.79 Å². The lowest BCUT2D eigenvalue weighted by Gasteiger charge is -2.28. The third-order valence-electron chi connectivity index (χ3n) is 3.25. The Kier molecular flexibility index (Phi) is 3.91. The molecule has 0 aromatic heterocycles. The van der Waals surface area contributed by atoms with Crippen LogP contribution < -0.4 is 4.74 Å². The van der Waals surface area contributed by atoms with E-state index in [1.54, 1.807) is 4.90 Å². The molecule has 2 rings (SSSR count). The normalized spacial score (nSPS) is 18.8. The molecule has 1 aliphatic rings. The van der Waals surface area contributed by atoms with Gasteiger partial charge in [-0.15, -0.1) is 6.42 Å². The van der Waals surface area contributed by atoms with Crippen LogP contribution in [0.25, 0.3) is 5.70 Å². The van der Waals surface area contributed by atoms with Crippen molar-refractivity contribution in [2.24, 2.45) is 5.92 Å². The lowest BCUT2D eigenvalue weighted by atomic mass is 9.98. The van der Waals surface area contributed by atoms with Gasteiger partial charge in [-0.25, -0.2) is 0 Å². The molecular formula is C16H17NO2. The Morgan fingerprint density at radius 1 is 1.42 bits per heavy atom. The highest BCUT2D eigenvalue weighted by Gasteiger charge is 2.24. The van der Waals surface area contributed by atoms with E-state index in [1.165, 1.54) is 0 Å². The van der Waals surface area contributed by atoms with Crippen LogP contribution in [0.15, 0.2) is 30.3 Å². The van der Waals surface area contributed by atoms with Gasteiger partial charge in [0.25, 0.3) is 0 Å². The lowest BCUT2D eigenvalue weighted by Crippen LogP contribution is -2.33. The van der Waals surface area contributed by atoms with Gasteiger partial charge in [0.1, 0.15) is 12.4 Å². The number of hydrogen-bond acceptors (Lipinski definition) is 2. The molecule has 3 nitrogen and oxygen atoms in total. The van der Waals surface area contributed by atoms with Crippen molar-refractivity contribution in [2.45, 2.75) is 13.3 Å². The molecule has 1 heterocycles. The minimum atomic E-state index is 0.0620. The number of hydrogen-bond donors (Lipinski definition) is 0. The van der Waals surface area contributed by atoms with Gasteiger partial charge in [0, 0.05) is 18.7 Å². The standard InChI is InChI=1S/C16H17NO2/c1-4-11-19-14-8-6-13(7-9-14)15-10-5-12(2)16(18)17(15)3/h1,6-10,12H,5,11H2,2-3H3. The molecular weight excluding hydrogens is 238 g/mol. The third-order valence-corrected chi connectivity index (χ3v) is 3.25. The monoisotopic (exact) mass is 255 g/mol. The minimum absolute atomic E-state index is 0.0620. The summed E-state index contributed by atoms with van der Waals surface area (Å²) in [7, 11) is 1.81. The van der Waals surface area contributed by atoms with Crippen molar-refractivity contribution >= 4 is 11.6 Å². The molecule has 0 saturated heterocycles. The third kappa shape index (κ3) is 2.79. The van der Waals surface area contributed by atoms with Crippen LogP contribution in [0.2, 0.25) is 0 Å². The van der Waals surface area contributed by atoms with Crippen molar-refractivity contribution in [2.75, 3.05) is 13.7 Å². The summed E-state index contributed by atoms with van der Waals surface area (Å²) in [5, 5.41) is 0. The van der Waals surface area contributed by atoms with E-state index >= 15 is 0 Å². The number of allylic oxidation sites excluding steroid dienone is 1. The fourth-order valence-electron chi connectivity index (χ4n) is 2.13.